The lowest BCUT2D eigenvalue weighted by Crippen LogP contribution is -2.45. The number of para-hydroxylation sites is 2. The Morgan fingerprint density at radius 1 is 0.976 bits per heavy atom. The zero-order valence-electron chi connectivity index (χ0n) is 25.1. The van der Waals surface area contributed by atoms with E-state index < -0.39 is 0 Å². The molecule has 3 aromatic rings. The van der Waals surface area contributed by atoms with Crippen LogP contribution in [0, 0.1) is 5.41 Å². The highest BCUT2D eigenvalue weighted by atomic mass is 16.5. The van der Waals surface area contributed by atoms with Crippen molar-refractivity contribution in [1.82, 2.24) is 14.4 Å². The molecule has 1 atom stereocenters. The maximum Gasteiger partial charge on any atom is 0.257 e. The van der Waals surface area contributed by atoms with E-state index in [1.807, 2.05) is 29.2 Å². The summed E-state index contributed by atoms with van der Waals surface area (Å²) in [5, 5.41) is 1.25. The number of fused-ring (bicyclic) bond motifs is 3. The molecule has 0 N–H and O–H groups in total. The van der Waals surface area contributed by atoms with E-state index in [0.29, 0.717) is 30.9 Å². The van der Waals surface area contributed by atoms with E-state index in [0.717, 1.165) is 84.2 Å². The second-order valence-corrected chi connectivity index (χ2v) is 12.4. The molecular weight excluding hydrogens is 526 g/mol. The number of hydrogen-bond donors (Lipinski definition) is 0. The lowest BCUT2D eigenvalue weighted by atomic mass is 9.75. The van der Waals surface area contributed by atoms with Gasteiger partial charge in [0, 0.05) is 61.7 Å². The Morgan fingerprint density at radius 2 is 1.79 bits per heavy atom. The van der Waals surface area contributed by atoms with E-state index in [1.165, 1.54) is 16.5 Å². The summed E-state index contributed by atoms with van der Waals surface area (Å²) in [5.74, 6) is 0.963. The first kappa shape index (κ1) is 28.8. The summed E-state index contributed by atoms with van der Waals surface area (Å²) >= 11 is 0. The molecule has 1 aromatic heterocycles. The molecule has 7 heteroatoms. The molecule has 1 spiro atoms. The first-order valence-electron chi connectivity index (χ1n) is 16.0. The molecule has 0 aliphatic carbocycles. The van der Waals surface area contributed by atoms with Crippen molar-refractivity contribution < 1.29 is 19.1 Å². The largest absolute Gasteiger partial charge is 0.492 e. The summed E-state index contributed by atoms with van der Waals surface area (Å²) in [6, 6.07) is 16.3. The summed E-state index contributed by atoms with van der Waals surface area (Å²) in [6.07, 6.45) is 10.5. The summed E-state index contributed by atoms with van der Waals surface area (Å²) in [5.41, 5.74) is 3.13. The van der Waals surface area contributed by atoms with E-state index in [1.54, 1.807) is 0 Å². The fraction of sp³-hybridized carbons (Fsp3) is 0.543. The summed E-state index contributed by atoms with van der Waals surface area (Å²) in [7, 11) is 0. The lowest BCUT2D eigenvalue weighted by Gasteiger charge is -2.42. The van der Waals surface area contributed by atoms with Crippen molar-refractivity contribution in [1.29, 1.82) is 0 Å². The second kappa shape index (κ2) is 12.9. The minimum Gasteiger partial charge on any atom is -0.492 e. The van der Waals surface area contributed by atoms with Crippen LogP contribution in [0.5, 0.6) is 5.75 Å². The Balaban J connectivity index is 1.11. The number of carbonyl (C=O) groups excluding carboxylic acids is 2. The smallest absolute Gasteiger partial charge is 0.257 e. The maximum absolute atomic E-state index is 13.6. The number of aromatic nitrogens is 1. The number of hydrogen-bond acceptors (Lipinski definition) is 4. The predicted molar refractivity (Wildman–Crippen MR) is 165 cm³/mol. The number of amides is 2. The number of piperidine rings is 1. The van der Waals surface area contributed by atoms with Crippen molar-refractivity contribution in [2.75, 3.05) is 39.5 Å². The van der Waals surface area contributed by atoms with Crippen molar-refractivity contribution in [3.05, 3.63) is 65.9 Å². The quantitative estimate of drug-likeness (QED) is 0.380. The molecule has 6 rings (SSSR count). The summed E-state index contributed by atoms with van der Waals surface area (Å²) < 4.78 is 14.9. The number of ether oxygens (including phenoxy) is 2. The molecule has 0 saturated carbocycles. The zero-order chi connectivity index (χ0) is 28.9. The molecule has 0 unspecified atom stereocenters. The first-order valence-corrected chi connectivity index (χ1v) is 16.0. The molecule has 2 fully saturated rings. The van der Waals surface area contributed by atoms with E-state index in [2.05, 4.69) is 46.9 Å². The van der Waals surface area contributed by atoms with E-state index in [-0.39, 0.29) is 23.3 Å². The van der Waals surface area contributed by atoms with Crippen LogP contribution in [0.4, 0.5) is 0 Å². The van der Waals surface area contributed by atoms with Crippen LogP contribution in [-0.2, 0) is 22.5 Å². The topological polar surface area (TPSA) is 64.0 Å². The number of carbonyl (C=O) groups is 2. The Morgan fingerprint density at radius 3 is 2.64 bits per heavy atom. The molecule has 2 amide bonds. The molecule has 42 heavy (non-hydrogen) atoms. The Bertz CT molecular complexity index is 1390. The number of likely N-dealkylation sites (tertiary alicyclic amines) is 1. The van der Waals surface area contributed by atoms with Gasteiger partial charge in [-0.15, -0.1) is 0 Å². The van der Waals surface area contributed by atoms with Crippen molar-refractivity contribution in [2.45, 2.75) is 77.3 Å². The van der Waals surface area contributed by atoms with Crippen LogP contribution in [0.15, 0.2) is 54.7 Å². The third-order valence-corrected chi connectivity index (χ3v) is 9.84. The lowest BCUT2D eigenvalue weighted by molar-refractivity contribution is -0.134. The van der Waals surface area contributed by atoms with E-state index in [4.69, 9.17) is 9.47 Å². The Kier molecular flexibility index (Phi) is 8.84. The molecular formula is C35H45N3O4. The van der Waals surface area contributed by atoms with Gasteiger partial charge in [-0.05, 0) is 75.6 Å². The molecule has 2 saturated heterocycles. The number of aryl methyl sites for hydroxylation is 2. The average molecular weight is 572 g/mol. The highest BCUT2D eigenvalue weighted by Crippen LogP contribution is 2.38. The molecule has 0 bridgehead atoms. The SMILES string of the molecule is CCn1cc(CCC(=O)N2CCC3(CCCCOC[C@@H]4CCCN4C(=O)c4ccccc4OC3)CC2)c2ccccc21. The molecule has 3 aliphatic rings. The van der Waals surface area contributed by atoms with Gasteiger partial charge in [0.25, 0.3) is 5.91 Å². The molecule has 224 valence electrons. The van der Waals surface area contributed by atoms with Gasteiger partial charge >= 0.3 is 0 Å². The van der Waals surface area contributed by atoms with Gasteiger partial charge in [0.15, 0.2) is 0 Å². The van der Waals surface area contributed by atoms with Crippen LogP contribution >= 0.6 is 0 Å². The minimum absolute atomic E-state index is 0.0121. The van der Waals surface area contributed by atoms with Crippen LogP contribution in [0.1, 0.15) is 74.2 Å². The van der Waals surface area contributed by atoms with Gasteiger partial charge in [-0.1, -0.05) is 36.8 Å². The molecule has 3 aliphatic heterocycles. The molecule has 0 radical (unpaired) electrons. The van der Waals surface area contributed by atoms with Crippen LogP contribution in [0.25, 0.3) is 10.9 Å². The minimum atomic E-state index is -0.0121. The van der Waals surface area contributed by atoms with Crippen molar-refractivity contribution in [3.8, 4) is 5.75 Å². The predicted octanol–water partition coefficient (Wildman–Crippen LogP) is 6.09. The monoisotopic (exact) mass is 571 g/mol. The van der Waals surface area contributed by atoms with Crippen LogP contribution < -0.4 is 4.74 Å². The Labute approximate surface area is 249 Å². The van der Waals surface area contributed by atoms with Gasteiger partial charge in [-0.25, -0.2) is 0 Å². The highest BCUT2D eigenvalue weighted by Gasteiger charge is 2.37. The summed E-state index contributed by atoms with van der Waals surface area (Å²) in [4.78, 5) is 31.0. The summed E-state index contributed by atoms with van der Waals surface area (Å²) in [6.45, 7) is 7.27. The third-order valence-electron chi connectivity index (χ3n) is 9.84. The fourth-order valence-electron chi connectivity index (χ4n) is 7.23. The van der Waals surface area contributed by atoms with Gasteiger partial charge < -0.3 is 23.8 Å². The second-order valence-electron chi connectivity index (χ2n) is 12.4. The number of benzene rings is 2. The normalized spacial score (nSPS) is 21.5. The van der Waals surface area contributed by atoms with Crippen LogP contribution in [0.3, 0.4) is 0 Å². The van der Waals surface area contributed by atoms with Gasteiger partial charge in [0.05, 0.1) is 24.8 Å². The van der Waals surface area contributed by atoms with Gasteiger partial charge in [-0.3, -0.25) is 9.59 Å². The van der Waals surface area contributed by atoms with Crippen LogP contribution in [-0.4, -0.2) is 71.7 Å². The molecule has 4 heterocycles. The van der Waals surface area contributed by atoms with Crippen molar-refractivity contribution in [3.63, 3.8) is 0 Å². The number of nitrogens with zero attached hydrogens (tertiary/aromatic N) is 3. The first-order chi connectivity index (χ1) is 20.6. The van der Waals surface area contributed by atoms with E-state index >= 15 is 0 Å². The van der Waals surface area contributed by atoms with Gasteiger partial charge in [0.1, 0.15) is 5.75 Å². The van der Waals surface area contributed by atoms with E-state index in [9.17, 15) is 9.59 Å². The zero-order valence-corrected chi connectivity index (χ0v) is 25.1. The molecule has 7 nitrogen and oxygen atoms in total. The Hall–Kier alpha value is -3.32. The maximum atomic E-state index is 13.6. The fourth-order valence-corrected chi connectivity index (χ4v) is 7.23. The third kappa shape index (κ3) is 6.07. The van der Waals surface area contributed by atoms with Gasteiger partial charge in [0.2, 0.25) is 5.91 Å². The average Bonchev–Trinajstić information content (AvgIpc) is 3.65. The van der Waals surface area contributed by atoms with Crippen molar-refractivity contribution in [2.24, 2.45) is 5.41 Å². The van der Waals surface area contributed by atoms with Gasteiger partial charge in [-0.2, -0.15) is 0 Å². The van der Waals surface area contributed by atoms with Crippen LogP contribution in [0.2, 0.25) is 0 Å². The highest BCUT2D eigenvalue weighted by molar-refractivity contribution is 5.97. The number of rotatable bonds is 4. The van der Waals surface area contributed by atoms with Crippen molar-refractivity contribution >= 4 is 22.7 Å². The standard InChI is InChI=1S/C35H45N3O4/c1-2-36-24-27(29-11-3-5-13-31(29)36)15-16-33(39)37-21-18-35(19-22-37)17-7-8-23-41-25-28-10-9-20-38(28)34(40)30-12-4-6-14-32(30)42-26-35/h3-6,11-14,24,28H,2,7-10,15-23,25-26H2,1H3/t28-/m0/s1. The molecule has 2 aromatic carbocycles.